The Balaban J connectivity index is 0.00000208. The Kier molecular flexibility index (Phi) is 6.77. The lowest BCUT2D eigenvalue weighted by atomic mass is 10.3. The molecule has 2 amide bonds. The van der Waals surface area contributed by atoms with Crippen LogP contribution < -0.4 is 0 Å². The minimum atomic E-state index is -0.168. The van der Waals surface area contributed by atoms with Gasteiger partial charge < -0.3 is 0 Å². The van der Waals surface area contributed by atoms with Gasteiger partial charge in [-0.05, 0) is 30.3 Å². The number of thioether (sulfide) groups is 2. The maximum atomic E-state index is 12.2. The Morgan fingerprint density at radius 2 is 2.17 bits per heavy atom. The molecule has 2 aromatic heterocycles. The number of carbonyl (C=O) groups is 2. The highest BCUT2D eigenvalue weighted by molar-refractivity contribution is 8.18. The Bertz CT molecular complexity index is 776. The Morgan fingerprint density at radius 1 is 1.33 bits per heavy atom. The van der Waals surface area contributed by atoms with E-state index in [1.165, 1.54) is 4.90 Å². The number of amides is 2. The monoisotopic (exact) mass is 383 g/mol. The second kappa shape index (κ2) is 8.60. The van der Waals surface area contributed by atoms with Gasteiger partial charge in [0.2, 0.25) is 0 Å². The van der Waals surface area contributed by atoms with E-state index < -0.39 is 0 Å². The number of allylic oxidation sites excluding steroid dienone is 1. The van der Waals surface area contributed by atoms with Gasteiger partial charge in [0.15, 0.2) is 0 Å². The number of pyridine rings is 1. The van der Waals surface area contributed by atoms with Crippen molar-refractivity contribution in [2.45, 2.75) is 24.8 Å². The molecular formula is C16H18ClN3O2S2. The molecule has 0 radical (unpaired) electrons. The number of hydrogen-bond donors (Lipinski definition) is 0. The maximum Gasteiger partial charge on any atom is 0.293 e. The number of halogens is 1. The van der Waals surface area contributed by atoms with Crippen LogP contribution in [-0.4, -0.2) is 37.7 Å². The molecule has 0 spiro atoms. The van der Waals surface area contributed by atoms with Gasteiger partial charge in [-0.3, -0.25) is 18.9 Å². The molecule has 0 unspecified atom stereocenters. The fourth-order valence-corrected chi connectivity index (χ4v) is 4.11. The lowest BCUT2D eigenvalue weighted by Crippen LogP contribution is -2.30. The lowest BCUT2D eigenvalue weighted by Gasteiger charge is -2.12. The number of imidazole rings is 1. The zero-order valence-electron chi connectivity index (χ0n) is 13.2. The molecule has 1 saturated heterocycles. The van der Waals surface area contributed by atoms with E-state index >= 15 is 0 Å². The van der Waals surface area contributed by atoms with E-state index in [4.69, 9.17) is 0 Å². The van der Waals surface area contributed by atoms with Crippen molar-refractivity contribution < 1.29 is 9.59 Å². The summed E-state index contributed by atoms with van der Waals surface area (Å²) in [7, 11) is 0. The minimum absolute atomic E-state index is 0. The van der Waals surface area contributed by atoms with Gasteiger partial charge in [0.1, 0.15) is 5.65 Å². The molecule has 0 saturated carbocycles. The maximum absolute atomic E-state index is 12.2. The number of nitrogens with zero attached hydrogens (tertiary/aromatic N) is 3. The summed E-state index contributed by atoms with van der Waals surface area (Å²) in [5.74, 6) is 0.506. The van der Waals surface area contributed by atoms with Crippen LogP contribution in [0.3, 0.4) is 0 Å². The first-order chi connectivity index (χ1) is 11.2. The summed E-state index contributed by atoms with van der Waals surface area (Å²) in [4.78, 5) is 30.4. The van der Waals surface area contributed by atoms with Crippen molar-refractivity contribution in [2.24, 2.45) is 0 Å². The van der Waals surface area contributed by atoms with E-state index in [9.17, 15) is 9.59 Å². The van der Waals surface area contributed by atoms with Crippen LogP contribution in [0.5, 0.6) is 0 Å². The van der Waals surface area contributed by atoms with Crippen molar-refractivity contribution in [3.63, 3.8) is 0 Å². The standard InChI is InChI=1S/C16H17N3O2S2.ClH/c1-2-3-5-12-15(20)19(16(21)23-12)10-11-22-14-7-4-6-13-17-8-9-18(13)14;/h4-9H,2-3,10-11H2,1H3;1H/b12-5+;. The molecule has 2 aromatic rings. The van der Waals surface area contributed by atoms with Crippen LogP contribution in [0.4, 0.5) is 4.79 Å². The zero-order chi connectivity index (χ0) is 16.2. The molecule has 0 aromatic carbocycles. The molecular weight excluding hydrogens is 366 g/mol. The van der Waals surface area contributed by atoms with Crippen LogP contribution in [-0.2, 0) is 4.79 Å². The average molecular weight is 384 g/mol. The van der Waals surface area contributed by atoms with Gasteiger partial charge in [-0.2, -0.15) is 0 Å². The quantitative estimate of drug-likeness (QED) is 0.552. The summed E-state index contributed by atoms with van der Waals surface area (Å²) in [5.41, 5.74) is 0.892. The smallest absolute Gasteiger partial charge is 0.293 e. The summed E-state index contributed by atoms with van der Waals surface area (Å²) >= 11 is 2.66. The molecule has 3 rings (SSSR count). The van der Waals surface area contributed by atoms with E-state index in [0.29, 0.717) is 17.2 Å². The van der Waals surface area contributed by atoms with Crippen molar-refractivity contribution in [2.75, 3.05) is 12.3 Å². The van der Waals surface area contributed by atoms with Crippen LogP contribution in [0, 0.1) is 0 Å². The SMILES string of the molecule is CCC/C=C1/SC(=O)N(CCSc2cccc3nccn23)C1=O.Cl. The third-order valence-corrected chi connectivity index (χ3v) is 5.42. The van der Waals surface area contributed by atoms with Crippen molar-refractivity contribution >= 4 is 52.7 Å². The van der Waals surface area contributed by atoms with E-state index in [1.807, 2.05) is 41.8 Å². The van der Waals surface area contributed by atoms with Gasteiger partial charge in [0, 0.05) is 24.7 Å². The molecule has 0 bridgehead atoms. The summed E-state index contributed by atoms with van der Waals surface area (Å²) in [6.07, 6.45) is 7.33. The van der Waals surface area contributed by atoms with Crippen molar-refractivity contribution in [1.29, 1.82) is 0 Å². The number of rotatable bonds is 6. The number of unbranched alkanes of at least 4 members (excludes halogenated alkanes) is 1. The molecule has 0 atom stereocenters. The average Bonchev–Trinajstić information content (AvgIpc) is 3.13. The predicted molar refractivity (Wildman–Crippen MR) is 101 cm³/mol. The molecule has 8 heteroatoms. The van der Waals surface area contributed by atoms with Gasteiger partial charge >= 0.3 is 0 Å². The van der Waals surface area contributed by atoms with E-state index in [2.05, 4.69) is 4.98 Å². The largest absolute Gasteiger partial charge is 0.294 e. The number of hydrogen-bond acceptors (Lipinski definition) is 5. The summed E-state index contributed by atoms with van der Waals surface area (Å²) in [6, 6.07) is 5.91. The predicted octanol–water partition coefficient (Wildman–Crippen LogP) is 4.23. The molecule has 0 aliphatic carbocycles. The summed E-state index contributed by atoms with van der Waals surface area (Å²) < 4.78 is 2.00. The van der Waals surface area contributed by atoms with Gasteiger partial charge in [-0.1, -0.05) is 25.5 Å². The van der Waals surface area contributed by atoms with Crippen LogP contribution in [0.1, 0.15) is 19.8 Å². The number of aromatic nitrogens is 2. The molecule has 5 nitrogen and oxygen atoms in total. The van der Waals surface area contributed by atoms with Gasteiger partial charge in [0.05, 0.1) is 9.93 Å². The fraction of sp³-hybridized carbons (Fsp3) is 0.312. The Labute approximate surface area is 155 Å². The second-order valence-electron chi connectivity index (χ2n) is 5.05. The Hall–Kier alpha value is -1.44. The second-order valence-corrected chi connectivity index (χ2v) is 7.16. The van der Waals surface area contributed by atoms with Crippen LogP contribution in [0.25, 0.3) is 5.65 Å². The number of carbonyl (C=O) groups excluding carboxylic acids is 2. The van der Waals surface area contributed by atoms with Crippen LogP contribution in [0.15, 0.2) is 46.6 Å². The molecule has 1 aliphatic rings. The molecule has 0 N–H and O–H groups in total. The molecule has 1 aliphatic heterocycles. The number of fused-ring (bicyclic) bond motifs is 1. The van der Waals surface area contributed by atoms with E-state index in [-0.39, 0.29) is 23.6 Å². The molecule has 1 fully saturated rings. The number of imide groups is 1. The highest BCUT2D eigenvalue weighted by Gasteiger charge is 2.34. The summed E-state index contributed by atoms with van der Waals surface area (Å²) in [6.45, 7) is 2.47. The van der Waals surface area contributed by atoms with Crippen molar-refractivity contribution in [1.82, 2.24) is 14.3 Å². The first kappa shape index (κ1) is 18.9. The first-order valence-corrected chi connectivity index (χ1v) is 9.29. The van der Waals surface area contributed by atoms with Gasteiger partial charge in [-0.15, -0.1) is 24.2 Å². The summed E-state index contributed by atoms with van der Waals surface area (Å²) in [5, 5.41) is 0.882. The van der Waals surface area contributed by atoms with Crippen LogP contribution in [0.2, 0.25) is 0 Å². The van der Waals surface area contributed by atoms with Crippen molar-refractivity contribution in [3.05, 3.63) is 41.6 Å². The lowest BCUT2D eigenvalue weighted by molar-refractivity contribution is -0.122. The van der Waals surface area contributed by atoms with Crippen molar-refractivity contribution in [3.8, 4) is 0 Å². The van der Waals surface area contributed by atoms with E-state index in [1.54, 1.807) is 18.0 Å². The normalized spacial score (nSPS) is 16.2. The molecule has 128 valence electrons. The first-order valence-electron chi connectivity index (χ1n) is 7.49. The highest BCUT2D eigenvalue weighted by atomic mass is 35.5. The topological polar surface area (TPSA) is 54.7 Å². The Morgan fingerprint density at radius 3 is 2.96 bits per heavy atom. The van der Waals surface area contributed by atoms with Crippen LogP contribution >= 0.6 is 35.9 Å². The third-order valence-electron chi connectivity index (χ3n) is 3.45. The van der Waals surface area contributed by atoms with Gasteiger partial charge in [0.25, 0.3) is 11.1 Å². The molecule has 24 heavy (non-hydrogen) atoms. The third kappa shape index (κ3) is 3.96. The highest BCUT2D eigenvalue weighted by Crippen LogP contribution is 2.31. The zero-order valence-corrected chi connectivity index (χ0v) is 15.6. The van der Waals surface area contributed by atoms with Gasteiger partial charge in [-0.25, -0.2) is 4.98 Å². The van der Waals surface area contributed by atoms with E-state index in [0.717, 1.165) is 35.3 Å². The fourth-order valence-electron chi connectivity index (χ4n) is 2.29. The molecule has 3 heterocycles. The minimum Gasteiger partial charge on any atom is -0.294 e.